The van der Waals surface area contributed by atoms with Crippen molar-refractivity contribution >= 4 is 32.9 Å². The zero-order chi connectivity index (χ0) is 15.9. The molecule has 4 N–H and O–H groups in total. The van der Waals surface area contributed by atoms with Gasteiger partial charge in [0.2, 0.25) is 0 Å². The van der Waals surface area contributed by atoms with E-state index in [0.717, 1.165) is 61.0 Å². The van der Waals surface area contributed by atoms with Crippen LogP contribution in [0.25, 0.3) is 10.2 Å². The van der Waals surface area contributed by atoms with Crippen molar-refractivity contribution in [2.45, 2.75) is 49.7 Å². The summed E-state index contributed by atoms with van der Waals surface area (Å²) in [6.07, 6.45) is 7.81. The molecule has 1 aliphatic carbocycles. The van der Waals surface area contributed by atoms with E-state index in [0.29, 0.717) is 5.69 Å². The van der Waals surface area contributed by atoms with Gasteiger partial charge in [-0.3, -0.25) is 4.98 Å². The molecule has 6 heteroatoms. The maximum absolute atomic E-state index is 10.1. The molecule has 2 aromatic heterocycles. The number of aliphatic hydroxyl groups excluding tert-OH is 1. The number of aromatic nitrogens is 1. The van der Waals surface area contributed by atoms with Crippen LogP contribution in [-0.4, -0.2) is 34.4 Å². The minimum Gasteiger partial charge on any atom is -0.396 e. The summed E-state index contributed by atoms with van der Waals surface area (Å²) in [5.74, 6) is 0. The quantitative estimate of drug-likeness (QED) is 0.804. The van der Waals surface area contributed by atoms with E-state index in [2.05, 4.69) is 10.3 Å². The Bertz CT molecular complexity index is 699. The molecule has 0 radical (unpaired) electrons. The Morgan fingerprint density at radius 1 is 1.30 bits per heavy atom. The van der Waals surface area contributed by atoms with Crippen LogP contribution in [0.15, 0.2) is 17.6 Å². The Hall–Kier alpha value is -1.37. The van der Waals surface area contributed by atoms with Gasteiger partial charge in [-0.05, 0) is 50.0 Å². The number of ether oxygens (including phenoxy) is 1. The van der Waals surface area contributed by atoms with Crippen LogP contribution in [0.2, 0.25) is 0 Å². The van der Waals surface area contributed by atoms with E-state index < -0.39 is 0 Å². The van der Waals surface area contributed by atoms with Gasteiger partial charge in [-0.15, -0.1) is 11.3 Å². The number of nitrogens with zero attached hydrogens (tertiary/aromatic N) is 1. The van der Waals surface area contributed by atoms with E-state index in [1.807, 2.05) is 11.4 Å². The number of nitrogens with two attached hydrogens (primary N) is 1. The molecule has 1 aliphatic heterocycles. The van der Waals surface area contributed by atoms with Gasteiger partial charge in [-0.1, -0.05) is 0 Å². The van der Waals surface area contributed by atoms with Gasteiger partial charge in [0.25, 0.3) is 0 Å². The SMILES string of the molecule is Nc1cnc2ccsc2c1NC1(CO)CCC2(CCCO2)CC1. The second-order valence-electron chi connectivity index (χ2n) is 6.92. The Morgan fingerprint density at radius 2 is 2.13 bits per heavy atom. The first-order valence-electron chi connectivity index (χ1n) is 8.30. The lowest BCUT2D eigenvalue weighted by Crippen LogP contribution is -2.50. The van der Waals surface area contributed by atoms with Crippen LogP contribution in [0.5, 0.6) is 0 Å². The summed E-state index contributed by atoms with van der Waals surface area (Å²) in [7, 11) is 0. The van der Waals surface area contributed by atoms with E-state index in [4.69, 9.17) is 10.5 Å². The Morgan fingerprint density at radius 3 is 2.83 bits per heavy atom. The van der Waals surface area contributed by atoms with Crippen molar-refractivity contribution in [2.75, 3.05) is 24.3 Å². The molecule has 23 heavy (non-hydrogen) atoms. The molecule has 2 aromatic rings. The first kappa shape index (κ1) is 15.2. The largest absolute Gasteiger partial charge is 0.396 e. The summed E-state index contributed by atoms with van der Waals surface area (Å²) >= 11 is 1.63. The molecule has 124 valence electrons. The van der Waals surface area contributed by atoms with Crippen molar-refractivity contribution < 1.29 is 9.84 Å². The molecule has 1 saturated heterocycles. The zero-order valence-electron chi connectivity index (χ0n) is 13.2. The number of rotatable bonds is 3. The lowest BCUT2D eigenvalue weighted by molar-refractivity contribution is -0.0420. The third-order valence-corrected chi connectivity index (χ3v) is 6.42. The summed E-state index contributed by atoms with van der Waals surface area (Å²) < 4.78 is 7.07. The number of nitrogens with one attached hydrogen (secondary N) is 1. The molecular weight excluding hydrogens is 310 g/mol. The number of thiophene rings is 1. The molecular formula is C17H23N3O2S. The Kier molecular flexibility index (Phi) is 3.70. The third kappa shape index (κ3) is 2.58. The number of hydrogen-bond donors (Lipinski definition) is 3. The highest BCUT2D eigenvalue weighted by Gasteiger charge is 2.45. The van der Waals surface area contributed by atoms with Crippen LogP contribution in [0, 0.1) is 0 Å². The van der Waals surface area contributed by atoms with Gasteiger partial charge >= 0.3 is 0 Å². The molecule has 2 aliphatic rings. The third-order valence-electron chi connectivity index (χ3n) is 5.50. The molecule has 1 saturated carbocycles. The van der Waals surface area contributed by atoms with Gasteiger partial charge in [-0.25, -0.2) is 0 Å². The predicted octanol–water partition coefficient (Wildman–Crippen LogP) is 3.14. The summed E-state index contributed by atoms with van der Waals surface area (Å²) in [6.45, 7) is 0.990. The first-order valence-corrected chi connectivity index (χ1v) is 9.18. The minimum atomic E-state index is -0.316. The highest BCUT2D eigenvalue weighted by atomic mass is 32.1. The Balaban J connectivity index is 1.60. The molecule has 3 heterocycles. The van der Waals surface area contributed by atoms with Gasteiger partial charge < -0.3 is 20.9 Å². The normalized spacial score (nSPS) is 31.0. The maximum Gasteiger partial charge on any atom is 0.0832 e. The number of fused-ring (bicyclic) bond motifs is 1. The second kappa shape index (κ2) is 5.61. The molecule has 0 unspecified atom stereocenters. The average molecular weight is 333 g/mol. The number of anilines is 2. The van der Waals surface area contributed by atoms with Crippen LogP contribution in [0.3, 0.4) is 0 Å². The fraction of sp³-hybridized carbons (Fsp3) is 0.588. The molecule has 4 rings (SSSR count). The highest BCUT2D eigenvalue weighted by molar-refractivity contribution is 7.17. The van der Waals surface area contributed by atoms with E-state index in [-0.39, 0.29) is 17.7 Å². The number of pyridine rings is 1. The van der Waals surface area contributed by atoms with E-state index >= 15 is 0 Å². The van der Waals surface area contributed by atoms with Crippen molar-refractivity contribution in [2.24, 2.45) is 0 Å². The molecule has 0 bridgehead atoms. The van der Waals surface area contributed by atoms with Gasteiger partial charge in [0.05, 0.1) is 45.5 Å². The molecule has 0 aromatic carbocycles. The van der Waals surface area contributed by atoms with Crippen LogP contribution in [-0.2, 0) is 4.74 Å². The predicted molar refractivity (Wildman–Crippen MR) is 93.9 cm³/mol. The molecule has 1 spiro atoms. The van der Waals surface area contributed by atoms with Gasteiger partial charge in [-0.2, -0.15) is 0 Å². The number of hydrogen-bond acceptors (Lipinski definition) is 6. The molecule has 2 fully saturated rings. The van der Waals surface area contributed by atoms with Crippen LogP contribution >= 0.6 is 11.3 Å². The monoisotopic (exact) mass is 333 g/mol. The summed E-state index contributed by atoms with van der Waals surface area (Å²) in [5.41, 5.74) is 8.42. The number of nitrogen functional groups attached to an aromatic ring is 1. The molecule has 0 atom stereocenters. The van der Waals surface area contributed by atoms with Gasteiger partial charge in [0.15, 0.2) is 0 Å². The van der Waals surface area contributed by atoms with Crippen molar-refractivity contribution in [3.63, 3.8) is 0 Å². The average Bonchev–Trinajstić information content (AvgIpc) is 3.22. The fourth-order valence-corrected chi connectivity index (χ4v) is 4.84. The fourth-order valence-electron chi connectivity index (χ4n) is 3.98. The van der Waals surface area contributed by atoms with Gasteiger partial charge in [0.1, 0.15) is 0 Å². The minimum absolute atomic E-state index is 0.0579. The Labute approximate surface area is 139 Å². The van der Waals surface area contributed by atoms with Crippen molar-refractivity contribution in [1.29, 1.82) is 0 Å². The van der Waals surface area contributed by atoms with Gasteiger partial charge in [0, 0.05) is 6.61 Å². The van der Waals surface area contributed by atoms with E-state index in [9.17, 15) is 5.11 Å². The maximum atomic E-state index is 10.1. The summed E-state index contributed by atoms with van der Waals surface area (Å²) in [5, 5.41) is 15.7. The summed E-state index contributed by atoms with van der Waals surface area (Å²) in [4.78, 5) is 4.36. The van der Waals surface area contributed by atoms with Crippen molar-refractivity contribution in [3.05, 3.63) is 17.6 Å². The van der Waals surface area contributed by atoms with Crippen LogP contribution in [0.1, 0.15) is 38.5 Å². The molecule has 0 amide bonds. The van der Waals surface area contributed by atoms with Crippen molar-refractivity contribution in [3.8, 4) is 0 Å². The highest BCUT2D eigenvalue weighted by Crippen LogP contribution is 2.45. The smallest absolute Gasteiger partial charge is 0.0832 e. The first-order chi connectivity index (χ1) is 11.2. The topological polar surface area (TPSA) is 80.4 Å². The van der Waals surface area contributed by atoms with Crippen LogP contribution < -0.4 is 11.1 Å². The van der Waals surface area contributed by atoms with Crippen molar-refractivity contribution in [1.82, 2.24) is 4.98 Å². The lowest BCUT2D eigenvalue weighted by Gasteiger charge is -2.44. The van der Waals surface area contributed by atoms with Crippen LogP contribution in [0.4, 0.5) is 11.4 Å². The number of aliphatic hydroxyl groups is 1. The van der Waals surface area contributed by atoms with E-state index in [1.54, 1.807) is 17.5 Å². The lowest BCUT2D eigenvalue weighted by atomic mass is 9.73. The molecule has 5 nitrogen and oxygen atoms in total. The zero-order valence-corrected chi connectivity index (χ0v) is 14.0. The standard InChI is InChI=1S/C17H23N3O2S/c18-12-10-19-13-2-9-23-15(13)14(12)20-16(11-21)4-6-17(7-5-16)3-1-8-22-17/h2,9-10,21H,1,3-8,11,18H2,(H,19,20). The summed E-state index contributed by atoms with van der Waals surface area (Å²) in [6, 6.07) is 2.00. The van der Waals surface area contributed by atoms with E-state index in [1.165, 1.54) is 0 Å². The second-order valence-corrected chi connectivity index (χ2v) is 7.84.